The van der Waals surface area contributed by atoms with Crippen LogP contribution in [-0.2, 0) is 15.3 Å². The number of ether oxygens (including phenoxy) is 1. The zero-order valence-corrected chi connectivity index (χ0v) is 22.3. The minimum absolute atomic E-state index is 0.107. The maximum atomic E-state index is 12.3. The summed E-state index contributed by atoms with van der Waals surface area (Å²) in [5, 5.41) is 8.11. The number of carbonyl (C=O) groups is 2. The molecule has 7 heteroatoms. The molecule has 3 aromatic carbocycles. The van der Waals surface area contributed by atoms with Crippen LogP contribution in [0.5, 0.6) is 0 Å². The van der Waals surface area contributed by atoms with E-state index in [-0.39, 0.29) is 23.8 Å². The molecule has 0 saturated carbocycles. The second-order valence-electron chi connectivity index (χ2n) is 9.60. The van der Waals surface area contributed by atoms with E-state index in [0.717, 1.165) is 34.7 Å². The maximum absolute atomic E-state index is 12.3. The molecule has 0 spiro atoms. The van der Waals surface area contributed by atoms with E-state index in [9.17, 15) is 9.59 Å². The highest BCUT2D eigenvalue weighted by molar-refractivity contribution is 7.99. The number of allylic oxidation sites excluding steroid dienone is 2. The zero-order chi connectivity index (χ0) is 26.5. The number of fused-ring (bicyclic) bond motifs is 3. The highest BCUT2D eigenvalue weighted by atomic mass is 32.2. The van der Waals surface area contributed by atoms with E-state index >= 15 is 0 Å². The molecule has 2 aliphatic rings. The number of esters is 1. The van der Waals surface area contributed by atoms with Crippen LogP contribution >= 0.6 is 11.8 Å². The Morgan fingerprint density at radius 2 is 1.82 bits per heavy atom. The third-order valence-corrected chi connectivity index (χ3v) is 8.17. The second kappa shape index (κ2) is 11.7. The number of benzene rings is 3. The van der Waals surface area contributed by atoms with E-state index in [0.29, 0.717) is 17.2 Å². The fourth-order valence-corrected chi connectivity index (χ4v) is 5.95. The third kappa shape index (κ3) is 5.68. The molecule has 194 valence electrons. The molecule has 0 saturated heterocycles. The van der Waals surface area contributed by atoms with Crippen LogP contribution < -0.4 is 10.7 Å². The summed E-state index contributed by atoms with van der Waals surface area (Å²) in [5.41, 5.74) is 9.70. The predicted octanol–water partition coefficient (Wildman–Crippen LogP) is 6.07. The first-order chi connectivity index (χ1) is 18.5. The van der Waals surface area contributed by atoms with Crippen molar-refractivity contribution in [3.05, 3.63) is 113 Å². The van der Waals surface area contributed by atoms with Crippen LogP contribution in [0.25, 0.3) is 0 Å². The molecule has 3 aromatic rings. The Morgan fingerprint density at radius 1 is 1.05 bits per heavy atom. The van der Waals surface area contributed by atoms with Gasteiger partial charge in [-0.1, -0.05) is 60.7 Å². The molecule has 0 aromatic heterocycles. The number of nitrogens with one attached hydrogen (secondary N) is 2. The van der Waals surface area contributed by atoms with Gasteiger partial charge < -0.3 is 10.1 Å². The molecule has 2 N–H and O–H groups in total. The summed E-state index contributed by atoms with van der Waals surface area (Å²) in [6.07, 6.45) is 5.53. The SMILES string of the molecule is COC(=O)c1ccc([C@@H]2Nc3ccc(/C(C)=N\NC(=O)CSCc4ccccc4)cc3[C@@H]3C=CC[C@@H]32)cc1. The molecule has 0 unspecified atom stereocenters. The average molecular weight is 526 g/mol. The van der Waals surface area contributed by atoms with E-state index < -0.39 is 0 Å². The maximum Gasteiger partial charge on any atom is 0.337 e. The van der Waals surface area contributed by atoms with E-state index in [1.807, 2.05) is 55.5 Å². The largest absolute Gasteiger partial charge is 0.465 e. The monoisotopic (exact) mass is 525 g/mol. The summed E-state index contributed by atoms with van der Waals surface area (Å²) >= 11 is 1.57. The topological polar surface area (TPSA) is 79.8 Å². The second-order valence-corrected chi connectivity index (χ2v) is 10.6. The molecular weight excluding hydrogens is 494 g/mol. The van der Waals surface area contributed by atoms with Crippen LogP contribution in [0.1, 0.15) is 57.9 Å². The zero-order valence-electron chi connectivity index (χ0n) is 21.5. The minimum Gasteiger partial charge on any atom is -0.465 e. The van der Waals surface area contributed by atoms with Gasteiger partial charge in [0.15, 0.2) is 0 Å². The Labute approximate surface area is 227 Å². The number of anilines is 1. The number of carbonyl (C=O) groups excluding carboxylic acids is 2. The Morgan fingerprint density at radius 3 is 2.58 bits per heavy atom. The number of hydrogen-bond donors (Lipinski definition) is 2. The van der Waals surface area contributed by atoms with Gasteiger partial charge in [-0.15, -0.1) is 11.8 Å². The summed E-state index contributed by atoms with van der Waals surface area (Å²) in [6, 6.07) is 24.3. The molecule has 1 aliphatic heterocycles. The Balaban J connectivity index is 1.25. The molecule has 3 atom stereocenters. The molecule has 1 aliphatic carbocycles. The normalized spacial score (nSPS) is 19.7. The van der Waals surface area contributed by atoms with Crippen LogP contribution in [0.3, 0.4) is 0 Å². The van der Waals surface area contributed by atoms with Gasteiger partial charge in [0.2, 0.25) is 5.91 Å². The van der Waals surface area contributed by atoms with Crippen LogP contribution in [-0.4, -0.2) is 30.5 Å². The van der Waals surface area contributed by atoms with Gasteiger partial charge in [0.05, 0.1) is 30.2 Å². The van der Waals surface area contributed by atoms with Gasteiger partial charge in [0, 0.05) is 17.4 Å². The van der Waals surface area contributed by atoms with Crippen LogP contribution in [0, 0.1) is 5.92 Å². The van der Waals surface area contributed by atoms with Gasteiger partial charge in [-0.3, -0.25) is 4.79 Å². The van der Waals surface area contributed by atoms with Crippen molar-refractivity contribution in [2.75, 3.05) is 18.2 Å². The lowest BCUT2D eigenvalue weighted by Gasteiger charge is -2.37. The van der Waals surface area contributed by atoms with Crippen molar-refractivity contribution in [2.24, 2.45) is 11.0 Å². The predicted molar refractivity (Wildman–Crippen MR) is 154 cm³/mol. The summed E-state index contributed by atoms with van der Waals surface area (Å²) in [6.45, 7) is 1.92. The lowest BCUT2D eigenvalue weighted by Crippen LogP contribution is -2.29. The van der Waals surface area contributed by atoms with E-state index in [1.165, 1.54) is 18.2 Å². The quantitative estimate of drug-likeness (QED) is 0.161. The number of rotatable bonds is 8. The first-order valence-electron chi connectivity index (χ1n) is 12.7. The first kappa shape index (κ1) is 25.8. The minimum atomic E-state index is -0.328. The standard InChI is InChI=1S/C31H31N3O3S/c1-20(33-34-29(35)19-38-18-21-7-4-3-5-8-21)24-15-16-28-27(17-24)25-9-6-10-26(25)30(32-28)22-11-13-23(14-12-22)31(36)37-2/h3-9,11-17,25-26,30,32H,10,18-19H2,1-2H3,(H,34,35)/b33-20-/t25-,26+,30+/m1/s1. The van der Waals surface area contributed by atoms with E-state index in [4.69, 9.17) is 4.74 Å². The average Bonchev–Trinajstić information content (AvgIpc) is 3.46. The Kier molecular flexibility index (Phi) is 7.94. The number of thioether (sulfide) groups is 1. The fourth-order valence-electron chi connectivity index (χ4n) is 5.17. The number of hydrogen-bond acceptors (Lipinski definition) is 6. The Bertz CT molecular complexity index is 1370. The van der Waals surface area contributed by atoms with E-state index in [1.54, 1.807) is 11.8 Å². The van der Waals surface area contributed by atoms with Gasteiger partial charge in [-0.25, -0.2) is 10.2 Å². The molecule has 1 heterocycles. The van der Waals surface area contributed by atoms with Crippen molar-refractivity contribution < 1.29 is 14.3 Å². The van der Waals surface area contributed by atoms with Crippen molar-refractivity contribution in [1.29, 1.82) is 0 Å². The van der Waals surface area contributed by atoms with Gasteiger partial charge in [-0.2, -0.15) is 5.10 Å². The lowest BCUT2D eigenvalue weighted by molar-refractivity contribution is -0.118. The lowest BCUT2D eigenvalue weighted by atomic mass is 9.76. The number of nitrogens with zero attached hydrogens (tertiary/aromatic N) is 1. The van der Waals surface area contributed by atoms with Crippen molar-refractivity contribution >= 4 is 35.0 Å². The van der Waals surface area contributed by atoms with Gasteiger partial charge >= 0.3 is 5.97 Å². The third-order valence-electron chi connectivity index (χ3n) is 7.16. The summed E-state index contributed by atoms with van der Waals surface area (Å²) < 4.78 is 4.83. The molecule has 0 fully saturated rings. The molecule has 5 rings (SSSR count). The summed E-state index contributed by atoms with van der Waals surface area (Å²) in [4.78, 5) is 24.2. The fraction of sp³-hybridized carbons (Fsp3) is 0.258. The Hall–Kier alpha value is -3.84. The summed E-state index contributed by atoms with van der Waals surface area (Å²) in [7, 11) is 1.39. The highest BCUT2D eigenvalue weighted by Crippen LogP contribution is 2.50. The van der Waals surface area contributed by atoms with Crippen molar-refractivity contribution in [3.8, 4) is 0 Å². The molecule has 38 heavy (non-hydrogen) atoms. The molecule has 0 radical (unpaired) electrons. The van der Waals surface area contributed by atoms with Crippen molar-refractivity contribution in [1.82, 2.24) is 5.43 Å². The molecule has 6 nitrogen and oxygen atoms in total. The van der Waals surface area contributed by atoms with Crippen molar-refractivity contribution in [2.45, 2.75) is 31.1 Å². The highest BCUT2D eigenvalue weighted by Gasteiger charge is 2.38. The number of methoxy groups -OCH3 is 1. The smallest absolute Gasteiger partial charge is 0.337 e. The van der Waals surface area contributed by atoms with Crippen LogP contribution in [0.2, 0.25) is 0 Å². The molecule has 0 bridgehead atoms. The van der Waals surface area contributed by atoms with Crippen molar-refractivity contribution in [3.63, 3.8) is 0 Å². The van der Waals surface area contributed by atoms with Gasteiger partial charge in [-0.05, 0) is 65.8 Å². The number of hydrazone groups is 1. The molecular formula is C31H31N3O3S. The van der Waals surface area contributed by atoms with Crippen LogP contribution in [0.4, 0.5) is 5.69 Å². The van der Waals surface area contributed by atoms with Gasteiger partial charge in [0.25, 0.3) is 0 Å². The summed E-state index contributed by atoms with van der Waals surface area (Å²) in [5.74, 6) is 1.38. The van der Waals surface area contributed by atoms with Crippen LogP contribution in [0.15, 0.2) is 90.0 Å². The first-order valence-corrected chi connectivity index (χ1v) is 13.9. The van der Waals surface area contributed by atoms with E-state index in [2.05, 4.69) is 52.3 Å². The number of amides is 1. The van der Waals surface area contributed by atoms with Gasteiger partial charge in [0.1, 0.15) is 0 Å². The molecule has 1 amide bonds.